The predicted molar refractivity (Wildman–Crippen MR) is 69.3 cm³/mol. The first kappa shape index (κ1) is 14.7. The molecule has 0 heterocycles. The lowest BCUT2D eigenvalue weighted by Gasteiger charge is -2.10. The summed E-state index contributed by atoms with van der Waals surface area (Å²) in [5, 5.41) is 14.4. The maximum absolute atomic E-state index is 12.9. The summed E-state index contributed by atoms with van der Waals surface area (Å²) < 4.78 is 12.9. The van der Waals surface area contributed by atoms with Gasteiger partial charge in [-0.25, -0.2) is 9.18 Å². The third kappa shape index (κ3) is 4.89. The number of benzene rings is 1. The van der Waals surface area contributed by atoms with Crippen molar-refractivity contribution in [1.82, 2.24) is 5.32 Å². The zero-order valence-electron chi connectivity index (χ0n) is 10.0. The van der Waals surface area contributed by atoms with Gasteiger partial charge in [0.15, 0.2) is 0 Å². The Morgan fingerprint density at radius 2 is 2.28 bits per heavy atom. The Morgan fingerprint density at radius 1 is 1.56 bits per heavy atom. The molecule has 0 saturated heterocycles. The highest BCUT2D eigenvalue weighted by molar-refractivity contribution is 6.31. The second-order valence-corrected chi connectivity index (χ2v) is 4.27. The van der Waals surface area contributed by atoms with Gasteiger partial charge < -0.3 is 15.7 Å². The molecule has 18 heavy (non-hydrogen) atoms. The molecular weight excluding hydrogens is 259 g/mol. The molecule has 3 N–H and O–H groups in total. The van der Waals surface area contributed by atoms with Gasteiger partial charge in [0.05, 0.1) is 11.1 Å². The molecular formula is C12H16ClFN2O2. The zero-order valence-corrected chi connectivity index (χ0v) is 10.8. The first-order chi connectivity index (χ1) is 8.52. The van der Waals surface area contributed by atoms with Crippen LogP contribution in [-0.2, 0) is 0 Å². The van der Waals surface area contributed by atoms with E-state index in [9.17, 15) is 14.3 Å². The highest BCUT2D eigenvalue weighted by Crippen LogP contribution is 2.19. The normalized spacial score (nSPS) is 12.0. The minimum absolute atomic E-state index is 0.0470. The molecule has 0 spiro atoms. The molecule has 0 aromatic heterocycles. The molecule has 0 saturated carbocycles. The van der Waals surface area contributed by atoms with E-state index in [0.29, 0.717) is 25.1 Å². The van der Waals surface area contributed by atoms with E-state index in [0.717, 1.165) is 0 Å². The van der Waals surface area contributed by atoms with Crippen LogP contribution in [0.1, 0.15) is 19.8 Å². The number of aliphatic hydroxyl groups excluding tert-OH is 1. The average molecular weight is 275 g/mol. The Balaban J connectivity index is 2.38. The van der Waals surface area contributed by atoms with Crippen LogP contribution in [0.3, 0.4) is 0 Å². The van der Waals surface area contributed by atoms with Crippen LogP contribution < -0.4 is 10.6 Å². The van der Waals surface area contributed by atoms with Gasteiger partial charge in [0.25, 0.3) is 0 Å². The highest BCUT2D eigenvalue weighted by Gasteiger charge is 2.05. The number of carbonyl (C=O) groups is 1. The van der Waals surface area contributed by atoms with Crippen LogP contribution in [0.25, 0.3) is 0 Å². The lowest BCUT2D eigenvalue weighted by Crippen LogP contribution is -2.31. The summed E-state index contributed by atoms with van der Waals surface area (Å²) in [6.07, 6.45) is 0.732. The van der Waals surface area contributed by atoms with Crippen LogP contribution >= 0.6 is 11.6 Å². The first-order valence-electron chi connectivity index (χ1n) is 5.71. The second kappa shape index (κ2) is 7.18. The SMILES string of the molecule is CCC(O)CCNC(=O)Nc1ccc(F)c(Cl)c1. The molecule has 4 nitrogen and oxygen atoms in total. The van der Waals surface area contributed by atoms with Crippen molar-refractivity contribution in [2.75, 3.05) is 11.9 Å². The van der Waals surface area contributed by atoms with Gasteiger partial charge in [0, 0.05) is 12.2 Å². The maximum atomic E-state index is 12.9. The highest BCUT2D eigenvalue weighted by atomic mass is 35.5. The van der Waals surface area contributed by atoms with Crippen LogP contribution in [0.4, 0.5) is 14.9 Å². The molecule has 0 radical (unpaired) electrons. The molecule has 100 valence electrons. The Hall–Kier alpha value is -1.33. The second-order valence-electron chi connectivity index (χ2n) is 3.86. The number of halogens is 2. The van der Waals surface area contributed by atoms with Gasteiger partial charge in [-0.1, -0.05) is 18.5 Å². The minimum atomic E-state index is -0.534. The van der Waals surface area contributed by atoms with Crippen LogP contribution in [0.15, 0.2) is 18.2 Å². The van der Waals surface area contributed by atoms with Crippen molar-refractivity contribution in [3.8, 4) is 0 Å². The number of anilines is 1. The molecule has 1 aromatic rings. The van der Waals surface area contributed by atoms with Crippen LogP contribution in [0.2, 0.25) is 5.02 Å². The van der Waals surface area contributed by atoms with Gasteiger partial charge in [-0.15, -0.1) is 0 Å². The summed E-state index contributed by atoms with van der Waals surface area (Å²) in [5.41, 5.74) is 0.412. The Bertz CT molecular complexity index is 415. The zero-order chi connectivity index (χ0) is 13.5. The number of hydrogen-bond donors (Lipinski definition) is 3. The number of nitrogens with one attached hydrogen (secondary N) is 2. The van der Waals surface area contributed by atoms with Crippen molar-refractivity contribution < 1.29 is 14.3 Å². The topological polar surface area (TPSA) is 61.4 Å². The van der Waals surface area contributed by atoms with Crippen LogP contribution in [0, 0.1) is 5.82 Å². The molecule has 0 bridgehead atoms. The van der Waals surface area contributed by atoms with Crippen molar-refractivity contribution in [2.45, 2.75) is 25.9 Å². The quantitative estimate of drug-likeness (QED) is 0.773. The minimum Gasteiger partial charge on any atom is -0.393 e. The molecule has 0 aliphatic rings. The van der Waals surface area contributed by atoms with Gasteiger partial charge in [0.2, 0.25) is 0 Å². The van der Waals surface area contributed by atoms with Crippen LogP contribution in [0.5, 0.6) is 0 Å². The average Bonchev–Trinajstić information content (AvgIpc) is 2.33. The third-order valence-electron chi connectivity index (χ3n) is 2.41. The standard InChI is InChI=1S/C12H16ClFN2O2/c1-2-9(17)5-6-15-12(18)16-8-3-4-11(14)10(13)7-8/h3-4,7,9,17H,2,5-6H2,1H3,(H2,15,16,18). The lowest BCUT2D eigenvalue weighted by atomic mass is 10.2. The fourth-order valence-electron chi connectivity index (χ4n) is 1.31. The lowest BCUT2D eigenvalue weighted by molar-refractivity contribution is 0.160. The van der Waals surface area contributed by atoms with Gasteiger partial charge in [0.1, 0.15) is 5.82 Å². The third-order valence-corrected chi connectivity index (χ3v) is 2.70. The molecule has 0 aliphatic heterocycles. The first-order valence-corrected chi connectivity index (χ1v) is 6.08. The summed E-state index contributed by atoms with van der Waals surface area (Å²) in [5.74, 6) is -0.534. The summed E-state index contributed by atoms with van der Waals surface area (Å²) >= 11 is 5.58. The van der Waals surface area contributed by atoms with Gasteiger partial charge in [-0.2, -0.15) is 0 Å². The number of urea groups is 1. The summed E-state index contributed by atoms with van der Waals surface area (Å²) in [6.45, 7) is 2.24. The van der Waals surface area contributed by atoms with E-state index in [1.165, 1.54) is 18.2 Å². The molecule has 1 unspecified atom stereocenters. The monoisotopic (exact) mass is 274 g/mol. The molecule has 0 fully saturated rings. The van der Waals surface area contributed by atoms with Crippen molar-refractivity contribution in [3.05, 3.63) is 29.0 Å². The Labute approximate surface area is 110 Å². The summed E-state index contributed by atoms with van der Waals surface area (Å²) in [6, 6.07) is 3.51. The fraction of sp³-hybridized carbons (Fsp3) is 0.417. The Kier molecular flexibility index (Phi) is 5.88. The van der Waals surface area contributed by atoms with Crippen molar-refractivity contribution in [3.63, 3.8) is 0 Å². The Morgan fingerprint density at radius 3 is 2.89 bits per heavy atom. The summed E-state index contributed by atoms with van der Waals surface area (Å²) in [4.78, 5) is 11.4. The molecule has 1 rings (SSSR count). The van der Waals surface area contributed by atoms with E-state index >= 15 is 0 Å². The van der Waals surface area contributed by atoms with E-state index in [1.807, 2.05) is 6.92 Å². The van der Waals surface area contributed by atoms with Gasteiger partial charge in [-0.3, -0.25) is 0 Å². The van der Waals surface area contributed by atoms with E-state index in [1.54, 1.807) is 0 Å². The van der Waals surface area contributed by atoms with E-state index in [-0.39, 0.29) is 5.02 Å². The molecule has 1 atom stereocenters. The molecule has 0 aliphatic carbocycles. The van der Waals surface area contributed by atoms with Crippen LogP contribution in [-0.4, -0.2) is 23.8 Å². The van der Waals surface area contributed by atoms with E-state index < -0.39 is 18.0 Å². The van der Waals surface area contributed by atoms with E-state index in [4.69, 9.17) is 11.6 Å². The molecule has 6 heteroatoms. The number of amides is 2. The number of aliphatic hydroxyl groups is 1. The van der Waals surface area contributed by atoms with Crippen molar-refractivity contribution in [2.24, 2.45) is 0 Å². The van der Waals surface area contributed by atoms with E-state index in [2.05, 4.69) is 10.6 Å². The number of rotatable bonds is 5. The number of hydrogen-bond acceptors (Lipinski definition) is 2. The molecule has 2 amide bonds. The predicted octanol–water partition coefficient (Wildman–Crippen LogP) is 2.76. The van der Waals surface area contributed by atoms with Crippen molar-refractivity contribution in [1.29, 1.82) is 0 Å². The fourth-order valence-corrected chi connectivity index (χ4v) is 1.49. The molecule has 1 aromatic carbocycles. The maximum Gasteiger partial charge on any atom is 0.319 e. The largest absolute Gasteiger partial charge is 0.393 e. The number of carbonyl (C=O) groups excluding carboxylic acids is 1. The van der Waals surface area contributed by atoms with Crippen molar-refractivity contribution >= 4 is 23.3 Å². The van der Waals surface area contributed by atoms with Gasteiger partial charge in [-0.05, 0) is 31.0 Å². The summed E-state index contributed by atoms with van der Waals surface area (Å²) in [7, 11) is 0. The smallest absolute Gasteiger partial charge is 0.319 e. The van der Waals surface area contributed by atoms with Gasteiger partial charge >= 0.3 is 6.03 Å².